The summed E-state index contributed by atoms with van der Waals surface area (Å²) in [5.74, 6) is 0.876. The zero-order valence-corrected chi connectivity index (χ0v) is 11.8. The minimum atomic E-state index is 0.532. The second-order valence-electron chi connectivity index (χ2n) is 3.93. The third-order valence-electron chi connectivity index (χ3n) is 2.33. The molecule has 0 amide bonds. The first-order chi connectivity index (χ1) is 8.76. The van der Waals surface area contributed by atoms with Gasteiger partial charge >= 0.3 is 0 Å². The van der Waals surface area contributed by atoms with Gasteiger partial charge in [0, 0.05) is 25.8 Å². The molecule has 1 aromatic heterocycles. The summed E-state index contributed by atoms with van der Waals surface area (Å²) in [4.78, 5) is 8.49. The summed E-state index contributed by atoms with van der Waals surface area (Å²) in [6.07, 6.45) is 3.76. The second kappa shape index (κ2) is 8.75. The van der Waals surface area contributed by atoms with E-state index >= 15 is 0 Å². The second-order valence-corrected chi connectivity index (χ2v) is 4.31. The van der Waals surface area contributed by atoms with Crippen LogP contribution in [-0.4, -0.2) is 30.6 Å². The fourth-order valence-electron chi connectivity index (χ4n) is 1.44. The van der Waals surface area contributed by atoms with Crippen molar-refractivity contribution >= 4 is 17.6 Å². The third kappa shape index (κ3) is 5.87. The molecule has 4 nitrogen and oxygen atoms in total. The van der Waals surface area contributed by atoms with Crippen molar-refractivity contribution in [2.45, 2.75) is 26.7 Å². The van der Waals surface area contributed by atoms with E-state index in [1.807, 2.05) is 12.1 Å². The monoisotopic (exact) mass is 268 g/mol. The first kappa shape index (κ1) is 14.8. The quantitative estimate of drug-likeness (QED) is 0.473. The van der Waals surface area contributed by atoms with E-state index in [1.54, 1.807) is 6.20 Å². The molecule has 0 saturated heterocycles. The SMILES string of the molecule is CCCN=C(NCC)NCCc1ccc(Cl)nc1. The van der Waals surface area contributed by atoms with Crippen LogP contribution < -0.4 is 10.6 Å². The lowest BCUT2D eigenvalue weighted by atomic mass is 10.2. The number of rotatable bonds is 6. The number of guanidine groups is 1. The van der Waals surface area contributed by atoms with Crippen molar-refractivity contribution in [1.82, 2.24) is 15.6 Å². The number of aromatic nitrogens is 1. The van der Waals surface area contributed by atoms with Crippen LogP contribution in [0.5, 0.6) is 0 Å². The zero-order chi connectivity index (χ0) is 13.2. The van der Waals surface area contributed by atoms with Crippen LogP contribution in [0.3, 0.4) is 0 Å². The minimum absolute atomic E-state index is 0.532. The highest BCUT2D eigenvalue weighted by atomic mass is 35.5. The van der Waals surface area contributed by atoms with Crippen molar-refractivity contribution in [3.8, 4) is 0 Å². The molecule has 0 saturated carbocycles. The van der Waals surface area contributed by atoms with Gasteiger partial charge in [-0.25, -0.2) is 4.98 Å². The van der Waals surface area contributed by atoms with Crippen molar-refractivity contribution < 1.29 is 0 Å². The normalized spacial score (nSPS) is 11.4. The predicted octanol–water partition coefficient (Wildman–Crippen LogP) is 2.24. The molecule has 0 bridgehead atoms. The van der Waals surface area contributed by atoms with Crippen molar-refractivity contribution in [1.29, 1.82) is 0 Å². The fraction of sp³-hybridized carbons (Fsp3) is 0.538. The Hall–Kier alpha value is -1.29. The molecule has 5 heteroatoms. The van der Waals surface area contributed by atoms with Gasteiger partial charge in [-0.15, -0.1) is 0 Å². The highest BCUT2D eigenvalue weighted by molar-refractivity contribution is 6.29. The van der Waals surface area contributed by atoms with Gasteiger partial charge in [0.2, 0.25) is 0 Å². The Morgan fingerprint density at radius 1 is 1.33 bits per heavy atom. The van der Waals surface area contributed by atoms with Crippen LogP contribution in [0.4, 0.5) is 0 Å². The van der Waals surface area contributed by atoms with E-state index in [9.17, 15) is 0 Å². The van der Waals surface area contributed by atoms with Crippen molar-refractivity contribution in [2.75, 3.05) is 19.6 Å². The molecule has 18 heavy (non-hydrogen) atoms. The van der Waals surface area contributed by atoms with Crippen LogP contribution in [0.25, 0.3) is 0 Å². The molecule has 2 N–H and O–H groups in total. The summed E-state index contributed by atoms with van der Waals surface area (Å²) in [6, 6.07) is 3.81. The minimum Gasteiger partial charge on any atom is -0.357 e. The van der Waals surface area contributed by atoms with Gasteiger partial charge in [-0.1, -0.05) is 24.6 Å². The molecule has 0 aliphatic rings. The Bertz CT molecular complexity index is 362. The van der Waals surface area contributed by atoms with Gasteiger partial charge in [-0.2, -0.15) is 0 Å². The summed E-state index contributed by atoms with van der Waals surface area (Å²) in [6.45, 7) is 6.73. The Kier molecular flexibility index (Phi) is 7.18. The van der Waals surface area contributed by atoms with E-state index < -0.39 is 0 Å². The molecule has 0 aromatic carbocycles. The number of halogens is 1. The van der Waals surface area contributed by atoms with Crippen LogP contribution in [0.15, 0.2) is 23.3 Å². The van der Waals surface area contributed by atoms with Crippen molar-refractivity contribution in [3.63, 3.8) is 0 Å². The average Bonchev–Trinajstić information content (AvgIpc) is 2.38. The number of hydrogen-bond acceptors (Lipinski definition) is 2. The fourth-order valence-corrected chi connectivity index (χ4v) is 1.56. The highest BCUT2D eigenvalue weighted by Gasteiger charge is 1.97. The molecule has 0 radical (unpaired) electrons. The van der Waals surface area contributed by atoms with E-state index in [-0.39, 0.29) is 0 Å². The maximum atomic E-state index is 5.74. The standard InChI is InChI=1S/C13H21ClN4/c1-3-8-16-13(15-4-2)17-9-7-11-5-6-12(14)18-10-11/h5-6,10H,3-4,7-9H2,1-2H3,(H2,15,16,17). The maximum absolute atomic E-state index is 5.74. The lowest BCUT2D eigenvalue weighted by molar-refractivity contribution is 0.792. The van der Waals surface area contributed by atoms with E-state index in [1.165, 1.54) is 5.56 Å². The molecule has 0 fully saturated rings. The summed E-state index contributed by atoms with van der Waals surface area (Å²) in [5.41, 5.74) is 1.17. The Morgan fingerprint density at radius 3 is 2.78 bits per heavy atom. The van der Waals surface area contributed by atoms with Crippen LogP contribution in [0.1, 0.15) is 25.8 Å². The molecule has 1 rings (SSSR count). The van der Waals surface area contributed by atoms with E-state index in [2.05, 4.69) is 34.5 Å². The maximum Gasteiger partial charge on any atom is 0.191 e. The molecule has 0 aliphatic heterocycles. The summed E-state index contributed by atoms with van der Waals surface area (Å²) in [7, 11) is 0. The van der Waals surface area contributed by atoms with Crippen LogP contribution in [0.2, 0.25) is 5.15 Å². The van der Waals surface area contributed by atoms with Crippen molar-refractivity contribution in [2.24, 2.45) is 4.99 Å². The number of hydrogen-bond donors (Lipinski definition) is 2. The molecule has 1 heterocycles. The van der Waals surface area contributed by atoms with E-state index in [4.69, 9.17) is 11.6 Å². The Balaban J connectivity index is 2.36. The Labute approximate surface area is 114 Å². The molecule has 1 aromatic rings. The lowest BCUT2D eigenvalue weighted by Gasteiger charge is -2.10. The van der Waals surface area contributed by atoms with Gasteiger partial charge in [0.1, 0.15) is 5.15 Å². The van der Waals surface area contributed by atoms with Gasteiger partial charge in [0.25, 0.3) is 0 Å². The first-order valence-electron chi connectivity index (χ1n) is 6.38. The summed E-state index contributed by atoms with van der Waals surface area (Å²) >= 11 is 5.74. The average molecular weight is 269 g/mol. The van der Waals surface area contributed by atoms with Crippen molar-refractivity contribution in [3.05, 3.63) is 29.0 Å². The zero-order valence-electron chi connectivity index (χ0n) is 11.0. The topological polar surface area (TPSA) is 49.3 Å². The van der Waals surface area contributed by atoms with E-state index in [0.29, 0.717) is 5.15 Å². The molecular weight excluding hydrogens is 248 g/mol. The smallest absolute Gasteiger partial charge is 0.191 e. The number of aliphatic imine (C=N–C) groups is 1. The molecule has 0 aliphatic carbocycles. The predicted molar refractivity (Wildman–Crippen MR) is 77.2 cm³/mol. The largest absolute Gasteiger partial charge is 0.357 e. The Morgan fingerprint density at radius 2 is 2.17 bits per heavy atom. The molecule has 0 spiro atoms. The summed E-state index contributed by atoms with van der Waals surface area (Å²) in [5, 5.41) is 7.04. The van der Waals surface area contributed by atoms with Gasteiger partial charge in [-0.05, 0) is 31.4 Å². The van der Waals surface area contributed by atoms with Crippen LogP contribution in [-0.2, 0) is 6.42 Å². The third-order valence-corrected chi connectivity index (χ3v) is 2.56. The van der Waals surface area contributed by atoms with Gasteiger partial charge in [-0.3, -0.25) is 4.99 Å². The van der Waals surface area contributed by atoms with Gasteiger partial charge in [0.05, 0.1) is 0 Å². The number of pyridine rings is 1. The van der Waals surface area contributed by atoms with Gasteiger partial charge < -0.3 is 10.6 Å². The van der Waals surface area contributed by atoms with Gasteiger partial charge in [0.15, 0.2) is 5.96 Å². The van der Waals surface area contributed by atoms with E-state index in [0.717, 1.165) is 38.4 Å². The first-order valence-corrected chi connectivity index (χ1v) is 6.76. The molecule has 0 unspecified atom stereocenters. The molecule has 0 atom stereocenters. The molecular formula is C13H21ClN4. The molecule has 100 valence electrons. The lowest BCUT2D eigenvalue weighted by Crippen LogP contribution is -2.38. The number of nitrogens with zero attached hydrogens (tertiary/aromatic N) is 2. The number of nitrogens with one attached hydrogen (secondary N) is 2. The van der Waals surface area contributed by atoms with Crippen LogP contribution in [0, 0.1) is 0 Å². The van der Waals surface area contributed by atoms with Crippen LogP contribution >= 0.6 is 11.6 Å². The summed E-state index contributed by atoms with van der Waals surface area (Å²) < 4.78 is 0. The highest BCUT2D eigenvalue weighted by Crippen LogP contribution is 2.05.